The third-order valence-corrected chi connectivity index (χ3v) is 6.44. The van der Waals surface area contributed by atoms with Crippen LogP contribution in [-0.2, 0) is 11.3 Å². The SMILES string of the molecule is C=CCn1c(SCC(=O)Nc2ccc3ccccc3c2)nnc1[C@H](C)NC(=O)c1ccc(C)cc1. The highest BCUT2D eigenvalue weighted by Gasteiger charge is 2.20. The molecule has 7 nitrogen and oxygen atoms in total. The number of fused-ring (bicyclic) bond motifs is 1. The fourth-order valence-corrected chi connectivity index (χ4v) is 4.43. The summed E-state index contributed by atoms with van der Waals surface area (Å²) in [7, 11) is 0. The molecular formula is C27H27N5O2S. The van der Waals surface area contributed by atoms with Gasteiger partial charge in [0.2, 0.25) is 5.91 Å². The standard InChI is InChI=1S/C27H27N5O2S/c1-4-15-32-25(19(3)28-26(34)21-11-9-18(2)10-12-21)30-31-27(32)35-17-24(33)29-23-14-13-20-7-5-6-8-22(20)16-23/h4-14,16,19H,1,15,17H2,2-3H3,(H,28,34)(H,29,33)/t19-/m0/s1. The zero-order valence-corrected chi connectivity index (χ0v) is 20.5. The molecule has 0 saturated carbocycles. The number of nitrogens with one attached hydrogen (secondary N) is 2. The van der Waals surface area contributed by atoms with Gasteiger partial charge in [-0.25, -0.2) is 0 Å². The molecule has 1 heterocycles. The Bertz CT molecular complexity index is 1360. The number of benzene rings is 3. The minimum atomic E-state index is -0.378. The van der Waals surface area contributed by atoms with Gasteiger partial charge in [-0.15, -0.1) is 16.8 Å². The number of thioether (sulfide) groups is 1. The van der Waals surface area contributed by atoms with E-state index >= 15 is 0 Å². The maximum absolute atomic E-state index is 12.6. The molecule has 4 aromatic rings. The number of allylic oxidation sites excluding steroid dienone is 1. The van der Waals surface area contributed by atoms with Crippen molar-refractivity contribution in [3.8, 4) is 0 Å². The molecule has 4 rings (SSSR count). The van der Waals surface area contributed by atoms with E-state index in [4.69, 9.17) is 0 Å². The van der Waals surface area contributed by atoms with E-state index in [2.05, 4.69) is 27.4 Å². The second-order valence-corrected chi connectivity index (χ2v) is 9.14. The van der Waals surface area contributed by atoms with Crippen LogP contribution in [0.5, 0.6) is 0 Å². The van der Waals surface area contributed by atoms with Crippen molar-refractivity contribution >= 4 is 40.0 Å². The van der Waals surface area contributed by atoms with Crippen LogP contribution in [0.2, 0.25) is 0 Å². The van der Waals surface area contributed by atoms with Gasteiger partial charge in [0.05, 0.1) is 11.8 Å². The van der Waals surface area contributed by atoms with Gasteiger partial charge in [0.25, 0.3) is 5.91 Å². The topological polar surface area (TPSA) is 88.9 Å². The van der Waals surface area contributed by atoms with Crippen molar-refractivity contribution in [3.63, 3.8) is 0 Å². The molecule has 0 unspecified atom stereocenters. The first-order valence-corrected chi connectivity index (χ1v) is 12.3. The fourth-order valence-electron chi connectivity index (χ4n) is 3.67. The van der Waals surface area contributed by atoms with E-state index in [1.165, 1.54) is 11.8 Å². The average molecular weight is 486 g/mol. The number of hydrogen-bond donors (Lipinski definition) is 2. The Labute approximate surface area is 208 Å². The number of carbonyl (C=O) groups excluding carboxylic acids is 2. The van der Waals surface area contributed by atoms with Crippen LogP contribution >= 0.6 is 11.8 Å². The van der Waals surface area contributed by atoms with Crippen molar-refractivity contribution in [1.82, 2.24) is 20.1 Å². The highest BCUT2D eigenvalue weighted by atomic mass is 32.2. The molecule has 3 aromatic carbocycles. The molecular weight excluding hydrogens is 458 g/mol. The lowest BCUT2D eigenvalue weighted by atomic mass is 10.1. The summed E-state index contributed by atoms with van der Waals surface area (Å²) in [5.41, 5.74) is 2.42. The maximum atomic E-state index is 12.6. The van der Waals surface area contributed by atoms with Crippen LogP contribution in [0.4, 0.5) is 5.69 Å². The third kappa shape index (κ3) is 5.96. The zero-order chi connectivity index (χ0) is 24.8. The summed E-state index contributed by atoms with van der Waals surface area (Å²) in [5.74, 6) is 0.449. The van der Waals surface area contributed by atoms with Crippen LogP contribution in [0.15, 0.2) is 84.5 Å². The largest absolute Gasteiger partial charge is 0.342 e. The van der Waals surface area contributed by atoms with Gasteiger partial charge in [-0.3, -0.25) is 9.59 Å². The molecule has 0 radical (unpaired) electrons. The molecule has 2 amide bonds. The number of amides is 2. The van der Waals surface area contributed by atoms with E-state index in [-0.39, 0.29) is 23.6 Å². The second kappa shape index (κ2) is 11.0. The Hall–Kier alpha value is -3.91. The van der Waals surface area contributed by atoms with Crippen molar-refractivity contribution in [2.75, 3.05) is 11.1 Å². The molecule has 8 heteroatoms. The Kier molecular flexibility index (Phi) is 7.62. The van der Waals surface area contributed by atoms with E-state index < -0.39 is 0 Å². The summed E-state index contributed by atoms with van der Waals surface area (Å²) in [6.45, 7) is 8.11. The summed E-state index contributed by atoms with van der Waals surface area (Å²) < 4.78 is 1.86. The number of carbonyl (C=O) groups is 2. The van der Waals surface area contributed by atoms with E-state index in [1.807, 2.05) is 73.0 Å². The number of anilines is 1. The van der Waals surface area contributed by atoms with Crippen LogP contribution < -0.4 is 10.6 Å². The minimum Gasteiger partial charge on any atom is -0.342 e. The predicted octanol–water partition coefficient (Wildman–Crippen LogP) is 5.15. The van der Waals surface area contributed by atoms with Gasteiger partial charge in [0, 0.05) is 17.8 Å². The summed E-state index contributed by atoms with van der Waals surface area (Å²) in [4.78, 5) is 25.2. The fraction of sp³-hybridized carbons (Fsp3) is 0.185. The van der Waals surface area contributed by atoms with Crippen LogP contribution in [0, 0.1) is 6.92 Å². The summed E-state index contributed by atoms with van der Waals surface area (Å²) >= 11 is 1.29. The van der Waals surface area contributed by atoms with Crippen LogP contribution in [0.25, 0.3) is 10.8 Å². The Morgan fingerprint density at radius 1 is 1.06 bits per heavy atom. The number of aryl methyl sites for hydroxylation is 1. The molecule has 0 fully saturated rings. The molecule has 0 aliphatic carbocycles. The predicted molar refractivity (Wildman–Crippen MR) is 141 cm³/mol. The van der Waals surface area contributed by atoms with Crippen LogP contribution in [0.1, 0.15) is 34.7 Å². The molecule has 35 heavy (non-hydrogen) atoms. The van der Waals surface area contributed by atoms with Crippen molar-refractivity contribution in [3.05, 3.63) is 96.3 Å². The Morgan fingerprint density at radius 3 is 2.54 bits per heavy atom. The smallest absolute Gasteiger partial charge is 0.251 e. The molecule has 0 saturated heterocycles. The Balaban J connectivity index is 1.40. The molecule has 0 aliphatic rings. The zero-order valence-electron chi connectivity index (χ0n) is 19.7. The average Bonchev–Trinajstić information content (AvgIpc) is 3.26. The van der Waals surface area contributed by atoms with Gasteiger partial charge in [0.15, 0.2) is 11.0 Å². The highest BCUT2D eigenvalue weighted by molar-refractivity contribution is 7.99. The highest BCUT2D eigenvalue weighted by Crippen LogP contribution is 2.23. The molecule has 2 N–H and O–H groups in total. The monoisotopic (exact) mass is 485 g/mol. The number of rotatable bonds is 9. The van der Waals surface area contributed by atoms with Gasteiger partial charge in [0.1, 0.15) is 0 Å². The minimum absolute atomic E-state index is 0.138. The van der Waals surface area contributed by atoms with Gasteiger partial charge >= 0.3 is 0 Å². The first-order valence-electron chi connectivity index (χ1n) is 11.3. The molecule has 0 bridgehead atoms. The molecule has 0 spiro atoms. The van der Waals surface area contributed by atoms with Gasteiger partial charge < -0.3 is 15.2 Å². The second-order valence-electron chi connectivity index (χ2n) is 8.20. The number of aromatic nitrogens is 3. The van der Waals surface area contributed by atoms with E-state index in [0.717, 1.165) is 22.0 Å². The number of nitrogens with zero attached hydrogens (tertiary/aromatic N) is 3. The van der Waals surface area contributed by atoms with E-state index in [9.17, 15) is 9.59 Å². The molecule has 0 aliphatic heterocycles. The van der Waals surface area contributed by atoms with E-state index in [0.29, 0.717) is 23.1 Å². The normalized spacial score (nSPS) is 11.7. The van der Waals surface area contributed by atoms with Gasteiger partial charge in [-0.05, 0) is 48.9 Å². The van der Waals surface area contributed by atoms with Crippen molar-refractivity contribution < 1.29 is 9.59 Å². The van der Waals surface area contributed by atoms with Gasteiger partial charge in [-0.2, -0.15) is 0 Å². The molecule has 178 valence electrons. The summed E-state index contributed by atoms with van der Waals surface area (Å²) in [6.07, 6.45) is 1.74. The summed E-state index contributed by atoms with van der Waals surface area (Å²) in [6, 6.07) is 20.8. The molecule has 1 aromatic heterocycles. The van der Waals surface area contributed by atoms with Crippen molar-refractivity contribution in [2.24, 2.45) is 0 Å². The van der Waals surface area contributed by atoms with Crippen LogP contribution in [-0.4, -0.2) is 32.3 Å². The quantitative estimate of drug-likeness (QED) is 0.253. The van der Waals surface area contributed by atoms with Crippen molar-refractivity contribution in [2.45, 2.75) is 31.6 Å². The Morgan fingerprint density at radius 2 is 1.80 bits per heavy atom. The summed E-state index contributed by atoms with van der Waals surface area (Å²) in [5, 5.41) is 17.2. The lowest BCUT2D eigenvalue weighted by Crippen LogP contribution is -2.28. The van der Waals surface area contributed by atoms with Gasteiger partial charge in [-0.1, -0.05) is 65.9 Å². The van der Waals surface area contributed by atoms with Crippen LogP contribution in [0.3, 0.4) is 0 Å². The maximum Gasteiger partial charge on any atom is 0.251 e. The first-order chi connectivity index (χ1) is 16.9. The van der Waals surface area contributed by atoms with Crippen molar-refractivity contribution in [1.29, 1.82) is 0 Å². The van der Waals surface area contributed by atoms with E-state index in [1.54, 1.807) is 18.2 Å². The lowest BCUT2D eigenvalue weighted by Gasteiger charge is -2.15. The lowest BCUT2D eigenvalue weighted by molar-refractivity contribution is -0.113. The number of hydrogen-bond acceptors (Lipinski definition) is 5. The third-order valence-electron chi connectivity index (χ3n) is 5.47. The first kappa shape index (κ1) is 24.2. The molecule has 1 atom stereocenters.